The van der Waals surface area contributed by atoms with Gasteiger partial charge in [-0.05, 0) is 25.1 Å². The third kappa shape index (κ3) is 5.12. The van der Waals surface area contributed by atoms with Gasteiger partial charge in [0, 0.05) is 11.8 Å². The van der Waals surface area contributed by atoms with Crippen LogP contribution in [-0.4, -0.2) is 27.7 Å². The van der Waals surface area contributed by atoms with Crippen LogP contribution in [0.25, 0.3) is 0 Å². The lowest BCUT2D eigenvalue weighted by Crippen LogP contribution is -2.16. The predicted octanol–water partition coefficient (Wildman–Crippen LogP) is 2.82. The number of benzene rings is 1. The molecule has 10 heteroatoms. The highest BCUT2D eigenvalue weighted by molar-refractivity contribution is 8.00. The fourth-order valence-corrected chi connectivity index (χ4v) is 3.09. The average Bonchev–Trinajstić information content (AvgIpc) is 3.11. The van der Waals surface area contributed by atoms with E-state index in [1.165, 1.54) is 6.07 Å². The van der Waals surface area contributed by atoms with Crippen molar-refractivity contribution in [1.82, 2.24) is 10.1 Å². The monoisotopic (exact) mass is 408 g/mol. The molecule has 146 valence electrons. The molecule has 0 saturated heterocycles. The number of nitrogens with zero attached hydrogens (tertiary/aromatic N) is 3. The number of aryl methyl sites for hydroxylation is 1. The zero-order valence-electron chi connectivity index (χ0n) is 15.3. The molecule has 2 amide bonds. The van der Waals surface area contributed by atoms with Crippen LogP contribution in [-0.2, 0) is 4.79 Å². The molecule has 0 bridgehead atoms. The lowest BCUT2D eigenvalue weighted by Gasteiger charge is -2.10. The number of anilines is 3. The first-order valence-electron chi connectivity index (χ1n) is 8.39. The van der Waals surface area contributed by atoms with Gasteiger partial charge < -0.3 is 15.6 Å². The SMILES string of the molecule is Cc1cc(NC(=O)CSc2nc(N)c(C(=O)Nc3ccccc3)cc2C#N)on1. The van der Waals surface area contributed by atoms with Gasteiger partial charge in [0.15, 0.2) is 0 Å². The van der Waals surface area contributed by atoms with Gasteiger partial charge in [-0.3, -0.25) is 14.9 Å². The van der Waals surface area contributed by atoms with Crippen molar-refractivity contribution in [2.24, 2.45) is 0 Å². The van der Waals surface area contributed by atoms with Crippen molar-refractivity contribution in [1.29, 1.82) is 5.26 Å². The molecule has 0 aliphatic carbocycles. The van der Waals surface area contributed by atoms with E-state index in [2.05, 4.69) is 20.8 Å². The van der Waals surface area contributed by atoms with Crippen LogP contribution in [0, 0.1) is 18.3 Å². The zero-order valence-corrected chi connectivity index (χ0v) is 16.1. The van der Waals surface area contributed by atoms with Gasteiger partial charge >= 0.3 is 0 Å². The lowest BCUT2D eigenvalue weighted by atomic mass is 10.2. The first-order chi connectivity index (χ1) is 14.0. The molecule has 0 aliphatic heterocycles. The van der Waals surface area contributed by atoms with E-state index in [0.717, 1.165) is 11.8 Å². The first-order valence-corrected chi connectivity index (χ1v) is 9.38. The largest absolute Gasteiger partial charge is 0.383 e. The van der Waals surface area contributed by atoms with Gasteiger partial charge in [0.1, 0.15) is 16.9 Å². The van der Waals surface area contributed by atoms with E-state index >= 15 is 0 Å². The van der Waals surface area contributed by atoms with Gasteiger partial charge in [-0.1, -0.05) is 35.1 Å². The second-order valence-electron chi connectivity index (χ2n) is 5.88. The number of carbonyl (C=O) groups is 2. The number of nitrogen functional groups attached to an aromatic ring is 1. The number of hydrogen-bond acceptors (Lipinski definition) is 8. The molecule has 0 atom stereocenters. The smallest absolute Gasteiger partial charge is 0.259 e. The quantitative estimate of drug-likeness (QED) is 0.528. The predicted molar refractivity (Wildman–Crippen MR) is 108 cm³/mol. The third-order valence-corrected chi connectivity index (χ3v) is 4.64. The number of pyridine rings is 1. The number of rotatable bonds is 6. The minimum absolute atomic E-state index is 0.0313. The Balaban J connectivity index is 1.70. The van der Waals surface area contributed by atoms with Gasteiger partial charge in [0.25, 0.3) is 5.91 Å². The molecule has 2 aromatic heterocycles. The molecule has 2 heterocycles. The summed E-state index contributed by atoms with van der Waals surface area (Å²) in [6.45, 7) is 1.73. The Labute approximate surface area is 170 Å². The summed E-state index contributed by atoms with van der Waals surface area (Å²) >= 11 is 1.02. The maximum absolute atomic E-state index is 12.5. The molecule has 4 N–H and O–H groups in total. The molecule has 1 aromatic carbocycles. The maximum Gasteiger partial charge on any atom is 0.259 e. The van der Waals surface area contributed by atoms with Gasteiger partial charge in [-0.15, -0.1) is 0 Å². The molecular formula is C19H16N6O3S. The summed E-state index contributed by atoms with van der Waals surface area (Å²) in [4.78, 5) is 28.6. The molecule has 0 spiro atoms. The van der Waals surface area contributed by atoms with Crippen LogP contribution in [0.2, 0.25) is 0 Å². The van der Waals surface area contributed by atoms with Crippen LogP contribution >= 0.6 is 11.8 Å². The van der Waals surface area contributed by atoms with Crippen molar-refractivity contribution >= 4 is 41.0 Å². The van der Waals surface area contributed by atoms with Gasteiger partial charge in [0.2, 0.25) is 11.8 Å². The van der Waals surface area contributed by atoms with Crippen LogP contribution in [0.1, 0.15) is 21.6 Å². The Kier molecular flexibility index (Phi) is 6.11. The van der Waals surface area contributed by atoms with Crippen molar-refractivity contribution in [3.05, 3.63) is 59.3 Å². The van der Waals surface area contributed by atoms with Gasteiger partial charge in [0.05, 0.1) is 22.6 Å². The Morgan fingerprint density at radius 1 is 1.24 bits per heavy atom. The van der Waals surface area contributed by atoms with E-state index in [9.17, 15) is 14.9 Å². The number of nitrogens with one attached hydrogen (secondary N) is 2. The van der Waals surface area contributed by atoms with E-state index in [0.29, 0.717) is 11.4 Å². The Bertz CT molecular complexity index is 1090. The first kappa shape index (κ1) is 19.9. The number of amides is 2. The molecular weight excluding hydrogens is 392 g/mol. The van der Waals surface area contributed by atoms with Crippen LogP contribution in [0.5, 0.6) is 0 Å². The molecule has 0 aliphatic rings. The molecule has 29 heavy (non-hydrogen) atoms. The summed E-state index contributed by atoms with van der Waals surface area (Å²) in [6, 6.07) is 13.8. The van der Waals surface area contributed by atoms with Crippen molar-refractivity contribution < 1.29 is 14.1 Å². The molecule has 9 nitrogen and oxygen atoms in total. The van der Waals surface area contributed by atoms with Crippen molar-refractivity contribution in [3.63, 3.8) is 0 Å². The van der Waals surface area contributed by atoms with E-state index < -0.39 is 5.91 Å². The van der Waals surface area contributed by atoms with E-state index in [-0.39, 0.29) is 39.5 Å². The van der Waals surface area contributed by atoms with Crippen molar-refractivity contribution in [2.75, 3.05) is 22.1 Å². The highest BCUT2D eigenvalue weighted by Crippen LogP contribution is 2.25. The minimum Gasteiger partial charge on any atom is -0.383 e. The van der Waals surface area contributed by atoms with Crippen LogP contribution in [0.15, 0.2) is 52.0 Å². The fourth-order valence-electron chi connectivity index (χ4n) is 2.33. The maximum atomic E-state index is 12.5. The summed E-state index contributed by atoms with van der Waals surface area (Å²) in [7, 11) is 0. The van der Waals surface area contributed by atoms with E-state index in [1.54, 1.807) is 37.3 Å². The summed E-state index contributed by atoms with van der Waals surface area (Å²) < 4.78 is 4.92. The summed E-state index contributed by atoms with van der Waals surface area (Å²) in [5.74, 6) is -0.676. The number of hydrogen-bond donors (Lipinski definition) is 3. The second kappa shape index (κ2) is 8.90. The van der Waals surface area contributed by atoms with Gasteiger partial charge in [-0.25, -0.2) is 4.98 Å². The Morgan fingerprint density at radius 2 is 2.00 bits per heavy atom. The summed E-state index contributed by atoms with van der Waals surface area (Å²) in [5, 5.41) is 18.6. The molecule has 3 aromatic rings. The van der Waals surface area contributed by atoms with Crippen LogP contribution in [0.4, 0.5) is 17.4 Å². The standard InChI is InChI=1S/C19H16N6O3S/c1-11-7-16(28-25-11)23-15(26)10-29-19-12(9-20)8-14(17(21)24-19)18(27)22-13-5-3-2-4-6-13/h2-8H,10H2,1H3,(H2,21,24)(H,22,27)(H,23,26). The average molecular weight is 408 g/mol. The number of para-hydroxylation sites is 1. The molecule has 0 fully saturated rings. The number of nitriles is 1. The highest BCUT2D eigenvalue weighted by atomic mass is 32.2. The third-order valence-electron chi connectivity index (χ3n) is 3.64. The molecule has 0 saturated carbocycles. The molecule has 3 rings (SSSR count). The Hall–Kier alpha value is -3.84. The van der Waals surface area contributed by atoms with Crippen LogP contribution in [0.3, 0.4) is 0 Å². The second-order valence-corrected chi connectivity index (χ2v) is 6.84. The zero-order chi connectivity index (χ0) is 20.8. The number of carbonyl (C=O) groups excluding carboxylic acids is 2. The van der Waals surface area contributed by atoms with Crippen molar-refractivity contribution in [3.8, 4) is 6.07 Å². The summed E-state index contributed by atoms with van der Waals surface area (Å²) in [6.07, 6.45) is 0. The normalized spacial score (nSPS) is 10.2. The van der Waals surface area contributed by atoms with E-state index in [1.807, 2.05) is 12.1 Å². The van der Waals surface area contributed by atoms with E-state index in [4.69, 9.17) is 10.3 Å². The number of aromatic nitrogens is 2. The Morgan fingerprint density at radius 3 is 2.66 bits per heavy atom. The van der Waals surface area contributed by atoms with Crippen LogP contribution < -0.4 is 16.4 Å². The highest BCUT2D eigenvalue weighted by Gasteiger charge is 2.17. The number of thioether (sulfide) groups is 1. The molecule has 0 radical (unpaired) electrons. The van der Waals surface area contributed by atoms with Crippen molar-refractivity contribution in [2.45, 2.75) is 11.9 Å². The fraction of sp³-hybridized carbons (Fsp3) is 0.105. The topological polar surface area (TPSA) is 147 Å². The minimum atomic E-state index is -0.479. The lowest BCUT2D eigenvalue weighted by molar-refractivity contribution is -0.113. The summed E-state index contributed by atoms with van der Waals surface area (Å²) in [5.41, 5.74) is 7.37. The van der Waals surface area contributed by atoms with Gasteiger partial charge in [-0.2, -0.15) is 5.26 Å². The number of nitrogens with two attached hydrogens (primary N) is 1. The molecule has 0 unspecified atom stereocenters.